The van der Waals surface area contributed by atoms with Crippen molar-refractivity contribution in [2.45, 2.75) is 6.92 Å². The highest BCUT2D eigenvalue weighted by molar-refractivity contribution is 14.1. The molecule has 20 heavy (non-hydrogen) atoms. The standard InChI is InChI=1S/C15H12IN3O/c1-9-3-2-4-12(14(9)16)15(20)19-13-6-5-11(18)7-10(13)8-17/h2-7H,18H2,1H3,(H,19,20). The smallest absolute Gasteiger partial charge is 0.256 e. The molecule has 3 N–H and O–H groups in total. The van der Waals surface area contributed by atoms with Crippen molar-refractivity contribution >= 4 is 39.9 Å². The molecule has 0 aromatic heterocycles. The van der Waals surface area contributed by atoms with Crippen LogP contribution in [0.15, 0.2) is 36.4 Å². The highest BCUT2D eigenvalue weighted by atomic mass is 127. The average molecular weight is 377 g/mol. The van der Waals surface area contributed by atoms with Crippen molar-refractivity contribution in [3.05, 3.63) is 56.7 Å². The first-order valence-electron chi connectivity index (χ1n) is 5.89. The van der Waals surface area contributed by atoms with Crippen LogP contribution in [0.1, 0.15) is 21.5 Å². The van der Waals surface area contributed by atoms with E-state index >= 15 is 0 Å². The summed E-state index contributed by atoms with van der Waals surface area (Å²) < 4.78 is 0.900. The average Bonchev–Trinajstić information content (AvgIpc) is 2.43. The van der Waals surface area contributed by atoms with E-state index in [-0.39, 0.29) is 5.91 Å². The van der Waals surface area contributed by atoms with Gasteiger partial charge in [0.1, 0.15) is 6.07 Å². The van der Waals surface area contributed by atoms with Gasteiger partial charge in [0, 0.05) is 9.26 Å². The summed E-state index contributed by atoms with van der Waals surface area (Å²) >= 11 is 2.14. The molecule has 0 aliphatic carbocycles. The van der Waals surface area contributed by atoms with Crippen molar-refractivity contribution in [3.63, 3.8) is 0 Å². The Hall–Kier alpha value is -2.07. The number of amides is 1. The van der Waals surface area contributed by atoms with Crippen molar-refractivity contribution in [1.29, 1.82) is 5.26 Å². The molecular formula is C15H12IN3O. The molecule has 2 rings (SSSR count). The first-order chi connectivity index (χ1) is 9.52. The molecular weight excluding hydrogens is 365 g/mol. The molecule has 0 atom stereocenters. The Bertz CT molecular complexity index is 720. The first kappa shape index (κ1) is 14.3. The fourth-order valence-electron chi connectivity index (χ4n) is 1.78. The minimum absolute atomic E-state index is 0.237. The molecule has 0 aliphatic heterocycles. The zero-order valence-corrected chi connectivity index (χ0v) is 12.9. The lowest BCUT2D eigenvalue weighted by Gasteiger charge is -2.10. The third kappa shape index (κ3) is 2.91. The molecule has 2 aromatic carbocycles. The molecule has 4 nitrogen and oxygen atoms in total. The lowest BCUT2D eigenvalue weighted by atomic mass is 10.1. The van der Waals surface area contributed by atoms with Gasteiger partial charge in [-0.2, -0.15) is 5.26 Å². The number of nitrogens with zero attached hydrogens (tertiary/aromatic N) is 1. The number of nitriles is 1. The van der Waals surface area contributed by atoms with Gasteiger partial charge in [-0.15, -0.1) is 0 Å². The van der Waals surface area contributed by atoms with Gasteiger partial charge in [0.25, 0.3) is 5.91 Å². The summed E-state index contributed by atoms with van der Waals surface area (Å²) in [7, 11) is 0. The van der Waals surface area contributed by atoms with E-state index in [1.165, 1.54) is 6.07 Å². The van der Waals surface area contributed by atoms with Crippen molar-refractivity contribution in [2.75, 3.05) is 11.1 Å². The van der Waals surface area contributed by atoms with Crippen LogP contribution >= 0.6 is 22.6 Å². The minimum atomic E-state index is -0.237. The van der Waals surface area contributed by atoms with Gasteiger partial charge in [-0.05, 0) is 59.3 Å². The Kier molecular flexibility index (Phi) is 4.25. The molecule has 2 aromatic rings. The topological polar surface area (TPSA) is 78.9 Å². The Morgan fingerprint density at radius 1 is 1.35 bits per heavy atom. The molecule has 100 valence electrons. The second-order valence-corrected chi connectivity index (χ2v) is 5.39. The van der Waals surface area contributed by atoms with Crippen LogP contribution in [0.5, 0.6) is 0 Å². The van der Waals surface area contributed by atoms with Crippen LogP contribution in [0.3, 0.4) is 0 Å². The van der Waals surface area contributed by atoms with Crippen LogP contribution in [0.4, 0.5) is 11.4 Å². The Morgan fingerprint density at radius 3 is 2.80 bits per heavy atom. The summed E-state index contributed by atoms with van der Waals surface area (Å²) in [6.07, 6.45) is 0. The number of nitrogens with one attached hydrogen (secondary N) is 1. The van der Waals surface area contributed by atoms with Gasteiger partial charge >= 0.3 is 0 Å². The van der Waals surface area contributed by atoms with Crippen molar-refractivity contribution in [1.82, 2.24) is 0 Å². The molecule has 0 aliphatic rings. The van der Waals surface area contributed by atoms with Gasteiger partial charge in [-0.25, -0.2) is 0 Å². The molecule has 0 spiro atoms. The number of carbonyl (C=O) groups excluding carboxylic acids is 1. The van der Waals surface area contributed by atoms with Gasteiger partial charge in [-0.1, -0.05) is 12.1 Å². The maximum atomic E-state index is 12.3. The normalized spacial score (nSPS) is 9.85. The number of halogens is 1. The summed E-state index contributed by atoms with van der Waals surface area (Å²) in [6.45, 7) is 1.95. The van der Waals surface area contributed by atoms with Crippen LogP contribution in [0.25, 0.3) is 0 Å². The largest absolute Gasteiger partial charge is 0.399 e. The Morgan fingerprint density at radius 2 is 2.10 bits per heavy atom. The predicted molar refractivity (Wildman–Crippen MR) is 87.4 cm³/mol. The number of nitrogens with two attached hydrogens (primary N) is 1. The van der Waals surface area contributed by atoms with Crippen molar-refractivity contribution < 1.29 is 4.79 Å². The molecule has 0 fully saturated rings. The summed E-state index contributed by atoms with van der Waals surface area (Å²) in [5.41, 5.74) is 8.55. The Balaban J connectivity index is 2.33. The number of anilines is 2. The van der Waals surface area contributed by atoms with Crippen LogP contribution in [-0.4, -0.2) is 5.91 Å². The maximum Gasteiger partial charge on any atom is 0.256 e. The number of hydrogen-bond acceptors (Lipinski definition) is 3. The third-order valence-electron chi connectivity index (χ3n) is 2.85. The van der Waals surface area contributed by atoms with E-state index in [1.54, 1.807) is 18.2 Å². The van der Waals surface area contributed by atoms with Gasteiger partial charge in [-0.3, -0.25) is 4.79 Å². The van der Waals surface area contributed by atoms with E-state index in [0.29, 0.717) is 22.5 Å². The van der Waals surface area contributed by atoms with Crippen LogP contribution in [0.2, 0.25) is 0 Å². The zero-order chi connectivity index (χ0) is 14.7. The molecule has 1 amide bonds. The van der Waals surface area contributed by atoms with Crippen LogP contribution < -0.4 is 11.1 Å². The fraction of sp³-hybridized carbons (Fsp3) is 0.0667. The van der Waals surface area contributed by atoms with E-state index in [4.69, 9.17) is 11.0 Å². The zero-order valence-electron chi connectivity index (χ0n) is 10.8. The highest BCUT2D eigenvalue weighted by Crippen LogP contribution is 2.21. The lowest BCUT2D eigenvalue weighted by Crippen LogP contribution is -2.15. The first-order valence-corrected chi connectivity index (χ1v) is 6.97. The second-order valence-electron chi connectivity index (χ2n) is 4.31. The van der Waals surface area contributed by atoms with E-state index in [1.807, 2.05) is 25.1 Å². The molecule has 0 radical (unpaired) electrons. The van der Waals surface area contributed by atoms with E-state index in [0.717, 1.165) is 9.13 Å². The number of benzene rings is 2. The molecule has 5 heteroatoms. The van der Waals surface area contributed by atoms with E-state index in [9.17, 15) is 4.79 Å². The highest BCUT2D eigenvalue weighted by Gasteiger charge is 2.13. The van der Waals surface area contributed by atoms with Crippen molar-refractivity contribution in [2.24, 2.45) is 0 Å². The van der Waals surface area contributed by atoms with E-state index < -0.39 is 0 Å². The number of hydrogen-bond donors (Lipinski definition) is 2. The quantitative estimate of drug-likeness (QED) is 0.623. The second kappa shape index (κ2) is 5.92. The van der Waals surface area contributed by atoms with E-state index in [2.05, 4.69) is 27.9 Å². The SMILES string of the molecule is Cc1cccc(C(=O)Nc2ccc(N)cc2C#N)c1I. The Labute approximate surface area is 130 Å². The minimum Gasteiger partial charge on any atom is -0.399 e. The molecule has 0 heterocycles. The fourth-order valence-corrected chi connectivity index (χ4v) is 2.38. The molecule has 0 saturated heterocycles. The molecule has 0 unspecified atom stereocenters. The monoisotopic (exact) mass is 377 g/mol. The predicted octanol–water partition coefficient (Wildman–Crippen LogP) is 3.31. The number of aryl methyl sites for hydroxylation is 1. The van der Waals surface area contributed by atoms with Gasteiger partial charge < -0.3 is 11.1 Å². The maximum absolute atomic E-state index is 12.3. The number of carbonyl (C=O) groups is 1. The van der Waals surface area contributed by atoms with Gasteiger partial charge in [0.15, 0.2) is 0 Å². The van der Waals surface area contributed by atoms with Gasteiger partial charge in [0.05, 0.1) is 16.8 Å². The van der Waals surface area contributed by atoms with Crippen LogP contribution in [0, 0.1) is 21.8 Å². The van der Waals surface area contributed by atoms with Crippen molar-refractivity contribution in [3.8, 4) is 6.07 Å². The number of rotatable bonds is 2. The lowest BCUT2D eigenvalue weighted by molar-refractivity contribution is 0.102. The third-order valence-corrected chi connectivity index (χ3v) is 4.28. The number of nitrogen functional groups attached to an aromatic ring is 1. The summed E-state index contributed by atoms with van der Waals surface area (Å²) in [5.74, 6) is -0.237. The summed E-state index contributed by atoms with van der Waals surface area (Å²) in [6, 6.07) is 12.4. The summed E-state index contributed by atoms with van der Waals surface area (Å²) in [4.78, 5) is 12.3. The van der Waals surface area contributed by atoms with Gasteiger partial charge in [0.2, 0.25) is 0 Å². The summed E-state index contributed by atoms with van der Waals surface area (Å²) in [5, 5.41) is 11.8. The van der Waals surface area contributed by atoms with Crippen LogP contribution in [-0.2, 0) is 0 Å². The molecule has 0 saturated carbocycles. The molecule has 0 bridgehead atoms.